The highest BCUT2D eigenvalue weighted by Gasteiger charge is 2.48. The Bertz CT molecular complexity index is 464. The molecule has 3 heteroatoms. The topological polar surface area (TPSA) is 38.7 Å². The van der Waals surface area contributed by atoms with Crippen molar-refractivity contribution in [3.05, 3.63) is 47.0 Å². The fourth-order valence-corrected chi connectivity index (χ4v) is 2.58. The summed E-state index contributed by atoms with van der Waals surface area (Å²) in [5.74, 6) is 0. The Morgan fingerprint density at radius 2 is 2.25 bits per heavy atom. The molecule has 4 rings (SSSR count). The number of aliphatic hydroxyl groups excluding tert-OH is 1. The number of hydrogen-bond acceptors (Lipinski definition) is 3. The van der Waals surface area contributed by atoms with Crippen molar-refractivity contribution in [1.82, 2.24) is 0 Å². The highest BCUT2D eigenvalue weighted by molar-refractivity contribution is 5.49. The normalized spacial score (nSPS) is 32.6. The molecule has 84 valence electrons. The zero-order chi connectivity index (χ0) is 11.3. The smallest absolute Gasteiger partial charge is 0.173 e. The highest BCUT2D eigenvalue weighted by Crippen LogP contribution is 2.48. The number of aryl methyl sites for hydroxylation is 1. The van der Waals surface area contributed by atoms with E-state index in [0.29, 0.717) is 0 Å². The number of aliphatic hydroxyl groups is 1. The van der Waals surface area contributed by atoms with Gasteiger partial charge in [0.05, 0.1) is 6.10 Å². The van der Waals surface area contributed by atoms with E-state index < -0.39 is 11.7 Å². The van der Waals surface area contributed by atoms with E-state index in [1.165, 1.54) is 0 Å². The van der Waals surface area contributed by atoms with E-state index in [2.05, 4.69) is 0 Å². The van der Waals surface area contributed by atoms with Crippen LogP contribution in [0.1, 0.15) is 29.7 Å². The van der Waals surface area contributed by atoms with Crippen molar-refractivity contribution in [1.29, 1.82) is 0 Å². The lowest BCUT2D eigenvalue weighted by Crippen LogP contribution is -2.46. The van der Waals surface area contributed by atoms with Crippen molar-refractivity contribution in [2.75, 3.05) is 0 Å². The van der Waals surface area contributed by atoms with Gasteiger partial charge in [-0.2, -0.15) is 0 Å². The summed E-state index contributed by atoms with van der Waals surface area (Å²) >= 11 is 0. The standard InChI is InChI=1S/C13H14O3/c1-8-4-3-5-10-11-6-7-13(9(2)14,12(8)10)16-15-11/h3-7,9,11,14H,1-2H3/t9-,11+,13+/m1/s1. The quantitative estimate of drug-likeness (QED) is 0.579. The van der Waals surface area contributed by atoms with Gasteiger partial charge in [-0.15, -0.1) is 0 Å². The van der Waals surface area contributed by atoms with Gasteiger partial charge in [-0.25, -0.2) is 9.78 Å². The number of rotatable bonds is 1. The molecule has 1 aromatic carbocycles. The van der Waals surface area contributed by atoms with Crippen LogP contribution in [0.15, 0.2) is 30.4 Å². The fourth-order valence-electron chi connectivity index (χ4n) is 2.58. The van der Waals surface area contributed by atoms with Crippen molar-refractivity contribution >= 4 is 0 Å². The van der Waals surface area contributed by atoms with E-state index in [4.69, 9.17) is 9.78 Å². The Labute approximate surface area is 94.2 Å². The first-order valence-corrected chi connectivity index (χ1v) is 5.47. The van der Waals surface area contributed by atoms with Crippen LogP contribution in [0.5, 0.6) is 0 Å². The molecule has 0 saturated heterocycles. The number of benzene rings is 1. The first kappa shape index (κ1) is 10.0. The molecule has 0 amide bonds. The van der Waals surface area contributed by atoms with Crippen LogP contribution in [0.3, 0.4) is 0 Å². The van der Waals surface area contributed by atoms with Crippen molar-refractivity contribution < 1.29 is 14.9 Å². The highest BCUT2D eigenvalue weighted by atomic mass is 17.2. The summed E-state index contributed by atoms with van der Waals surface area (Å²) in [5.41, 5.74) is 2.42. The molecule has 0 spiro atoms. The van der Waals surface area contributed by atoms with E-state index in [1.807, 2.05) is 37.3 Å². The van der Waals surface area contributed by atoms with Crippen LogP contribution in [0.25, 0.3) is 0 Å². The molecular weight excluding hydrogens is 204 g/mol. The van der Waals surface area contributed by atoms with Gasteiger partial charge in [-0.05, 0) is 37.1 Å². The second-order valence-corrected chi connectivity index (χ2v) is 4.47. The molecule has 3 aliphatic rings. The Morgan fingerprint density at radius 1 is 1.44 bits per heavy atom. The lowest BCUT2D eigenvalue weighted by Gasteiger charge is -2.44. The molecule has 1 aliphatic carbocycles. The summed E-state index contributed by atoms with van der Waals surface area (Å²) in [5, 5.41) is 9.97. The monoisotopic (exact) mass is 218 g/mol. The average molecular weight is 218 g/mol. The van der Waals surface area contributed by atoms with Crippen LogP contribution in [-0.4, -0.2) is 11.2 Å². The lowest BCUT2D eigenvalue weighted by molar-refractivity contribution is -0.404. The molecule has 2 aliphatic heterocycles. The maximum absolute atomic E-state index is 9.97. The summed E-state index contributed by atoms with van der Waals surface area (Å²) in [6.07, 6.45) is 3.06. The van der Waals surface area contributed by atoms with E-state index >= 15 is 0 Å². The van der Waals surface area contributed by atoms with Gasteiger partial charge in [0.25, 0.3) is 0 Å². The molecule has 0 radical (unpaired) electrons. The second-order valence-electron chi connectivity index (χ2n) is 4.47. The predicted molar refractivity (Wildman–Crippen MR) is 58.6 cm³/mol. The van der Waals surface area contributed by atoms with Crippen molar-refractivity contribution in [2.24, 2.45) is 0 Å². The van der Waals surface area contributed by atoms with Gasteiger partial charge in [-0.1, -0.05) is 18.2 Å². The molecule has 1 N–H and O–H groups in total. The van der Waals surface area contributed by atoms with Gasteiger partial charge in [-0.3, -0.25) is 0 Å². The van der Waals surface area contributed by atoms with Gasteiger partial charge < -0.3 is 5.11 Å². The first-order chi connectivity index (χ1) is 7.65. The van der Waals surface area contributed by atoms with E-state index in [0.717, 1.165) is 16.7 Å². The third-order valence-electron chi connectivity index (χ3n) is 3.43. The Kier molecular flexibility index (Phi) is 1.98. The Hall–Kier alpha value is -1.16. The largest absolute Gasteiger partial charge is 0.390 e. The van der Waals surface area contributed by atoms with Gasteiger partial charge in [0.2, 0.25) is 0 Å². The van der Waals surface area contributed by atoms with Crippen LogP contribution in [0, 0.1) is 6.92 Å². The minimum Gasteiger partial charge on any atom is -0.390 e. The number of hydrogen-bond donors (Lipinski definition) is 1. The van der Waals surface area contributed by atoms with Crippen molar-refractivity contribution in [3.63, 3.8) is 0 Å². The second kappa shape index (κ2) is 3.17. The van der Waals surface area contributed by atoms with E-state index in [1.54, 1.807) is 6.92 Å². The molecular formula is C13H14O3. The van der Waals surface area contributed by atoms with Gasteiger partial charge >= 0.3 is 0 Å². The van der Waals surface area contributed by atoms with Crippen LogP contribution < -0.4 is 0 Å². The molecule has 1 aromatic rings. The number of fused-ring (bicyclic) bond motifs is 1. The molecule has 0 aromatic heterocycles. The maximum Gasteiger partial charge on any atom is 0.173 e. The zero-order valence-electron chi connectivity index (χ0n) is 9.31. The van der Waals surface area contributed by atoms with Gasteiger partial charge in [0, 0.05) is 5.56 Å². The molecule has 2 bridgehead atoms. The Balaban J connectivity index is 2.30. The van der Waals surface area contributed by atoms with Crippen molar-refractivity contribution in [3.8, 4) is 0 Å². The fraction of sp³-hybridized carbons (Fsp3) is 0.385. The predicted octanol–water partition coefficient (Wildman–Crippen LogP) is 2.14. The summed E-state index contributed by atoms with van der Waals surface area (Å²) in [7, 11) is 0. The molecule has 2 heterocycles. The van der Waals surface area contributed by atoms with Crippen LogP contribution >= 0.6 is 0 Å². The van der Waals surface area contributed by atoms with Crippen LogP contribution in [0.2, 0.25) is 0 Å². The SMILES string of the molecule is Cc1cccc2c1[C@@]1([C@@H](C)O)C=C[C@@H]2OO1. The molecule has 16 heavy (non-hydrogen) atoms. The third kappa shape index (κ3) is 1.08. The van der Waals surface area contributed by atoms with Crippen LogP contribution in [-0.2, 0) is 15.4 Å². The zero-order valence-corrected chi connectivity index (χ0v) is 9.31. The Morgan fingerprint density at radius 3 is 2.88 bits per heavy atom. The first-order valence-electron chi connectivity index (χ1n) is 5.47. The summed E-state index contributed by atoms with van der Waals surface area (Å²) in [6, 6.07) is 6.05. The van der Waals surface area contributed by atoms with E-state index in [-0.39, 0.29) is 6.10 Å². The molecule has 0 fully saturated rings. The minimum absolute atomic E-state index is 0.143. The van der Waals surface area contributed by atoms with Gasteiger partial charge in [0.1, 0.15) is 6.10 Å². The average Bonchev–Trinajstić information content (AvgIpc) is 2.30. The lowest BCUT2D eigenvalue weighted by atomic mass is 9.77. The van der Waals surface area contributed by atoms with Gasteiger partial charge in [0.15, 0.2) is 5.60 Å². The van der Waals surface area contributed by atoms with Crippen molar-refractivity contribution in [2.45, 2.75) is 31.7 Å². The molecule has 3 atom stereocenters. The maximum atomic E-state index is 9.97. The minimum atomic E-state index is -0.838. The third-order valence-corrected chi connectivity index (χ3v) is 3.43. The molecule has 0 saturated carbocycles. The van der Waals surface area contributed by atoms with E-state index in [9.17, 15) is 5.11 Å². The molecule has 3 nitrogen and oxygen atoms in total. The van der Waals surface area contributed by atoms with Crippen LogP contribution in [0.4, 0.5) is 0 Å². The molecule has 0 unspecified atom stereocenters. The summed E-state index contributed by atoms with van der Waals surface area (Å²) in [6.45, 7) is 3.75. The summed E-state index contributed by atoms with van der Waals surface area (Å²) in [4.78, 5) is 10.7. The summed E-state index contributed by atoms with van der Waals surface area (Å²) < 4.78 is 0.